The van der Waals surface area contributed by atoms with E-state index in [0.29, 0.717) is 23.4 Å². The maximum Gasteiger partial charge on any atom is 0.231 e. The van der Waals surface area contributed by atoms with Crippen molar-refractivity contribution in [2.75, 3.05) is 18.5 Å². The fourth-order valence-electron chi connectivity index (χ4n) is 1.65. The van der Waals surface area contributed by atoms with Gasteiger partial charge < -0.3 is 15.8 Å². The number of nitrogens with one attached hydrogen (secondary N) is 1. The van der Waals surface area contributed by atoms with E-state index in [1.165, 1.54) is 18.2 Å². The Labute approximate surface area is 106 Å². The van der Waals surface area contributed by atoms with E-state index in [1.807, 2.05) is 0 Å². The molecule has 2 unspecified atom stereocenters. The first kappa shape index (κ1) is 12.5. The van der Waals surface area contributed by atoms with Crippen LogP contribution >= 0.6 is 15.9 Å². The molecular formula is C11H12BrFN2O2. The quantitative estimate of drug-likeness (QED) is 0.870. The average Bonchev–Trinajstić information content (AvgIpc) is 2.70. The number of carbonyl (C=O) groups excluding carboxylic acids is 1. The minimum Gasteiger partial charge on any atom is -0.379 e. The lowest BCUT2D eigenvalue weighted by molar-refractivity contribution is -0.120. The maximum atomic E-state index is 13.0. The summed E-state index contributed by atoms with van der Waals surface area (Å²) in [5.74, 6) is -0.920. The predicted octanol–water partition coefficient (Wildman–Crippen LogP) is 1.50. The lowest BCUT2D eigenvalue weighted by atomic mass is 10.0. The Balaban J connectivity index is 2.05. The minimum absolute atomic E-state index is 0.200. The van der Waals surface area contributed by atoms with Crippen LogP contribution in [0.25, 0.3) is 0 Å². The van der Waals surface area contributed by atoms with Gasteiger partial charge in [0.05, 0.1) is 23.6 Å². The molecule has 17 heavy (non-hydrogen) atoms. The normalized spacial score (nSPS) is 23.7. The van der Waals surface area contributed by atoms with Gasteiger partial charge >= 0.3 is 0 Å². The highest BCUT2D eigenvalue weighted by Gasteiger charge is 2.31. The second-order valence-corrected chi connectivity index (χ2v) is 4.78. The zero-order valence-corrected chi connectivity index (χ0v) is 10.5. The van der Waals surface area contributed by atoms with E-state index >= 15 is 0 Å². The van der Waals surface area contributed by atoms with E-state index in [4.69, 9.17) is 10.5 Å². The standard InChI is InChI=1S/C11H12BrFN2O2/c12-8-3-6(1-2-9(8)13)15-11(16)7-4-17-5-10(7)14/h1-3,7,10H,4-5,14H2,(H,15,16). The largest absolute Gasteiger partial charge is 0.379 e. The molecule has 0 saturated carbocycles. The molecule has 3 N–H and O–H groups in total. The number of benzene rings is 1. The number of hydrogen-bond donors (Lipinski definition) is 2. The average molecular weight is 303 g/mol. The molecule has 1 saturated heterocycles. The van der Waals surface area contributed by atoms with Crippen LogP contribution in [-0.4, -0.2) is 25.2 Å². The molecule has 1 fully saturated rings. The molecule has 1 aliphatic heterocycles. The zero-order chi connectivity index (χ0) is 12.4. The van der Waals surface area contributed by atoms with Gasteiger partial charge in [-0.15, -0.1) is 0 Å². The van der Waals surface area contributed by atoms with Crippen LogP contribution in [0.15, 0.2) is 22.7 Å². The Bertz CT molecular complexity index is 441. The summed E-state index contributed by atoms with van der Waals surface area (Å²) in [4.78, 5) is 11.8. The van der Waals surface area contributed by atoms with Crippen LogP contribution in [0, 0.1) is 11.7 Å². The molecule has 1 aromatic rings. The Morgan fingerprint density at radius 3 is 2.88 bits per heavy atom. The van der Waals surface area contributed by atoms with Gasteiger partial charge in [-0.25, -0.2) is 4.39 Å². The lowest BCUT2D eigenvalue weighted by Crippen LogP contribution is -2.37. The van der Waals surface area contributed by atoms with Crippen molar-refractivity contribution in [2.45, 2.75) is 6.04 Å². The molecule has 0 spiro atoms. The second-order valence-electron chi connectivity index (χ2n) is 3.93. The number of anilines is 1. The number of hydrogen-bond acceptors (Lipinski definition) is 3. The fraction of sp³-hybridized carbons (Fsp3) is 0.364. The number of nitrogens with two attached hydrogens (primary N) is 1. The van der Waals surface area contributed by atoms with Crippen molar-refractivity contribution in [1.82, 2.24) is 0 Å². The topological polar surface area (TPSA) is 64.3 Å². The van der Waals surface area contributed by atoms with E-state index in [-0.39, 0.29) is 23.7 Å². The van der Waals surface area contributed by atoms with Gasteiger partial charge in [-0.1, -0.05) is 0 Å². The molecule has 92 valence electrons. The molecule has 2 rings (SSSR count). The molecule has 1 heterocycles. The summed E-state index contributed by atoms with van der Waals surface area (Å²) in [5, 5.41) is 2.69. The number of amides is 1. The van der Waals surface area contributed by atoms with Crippen LogP contribution in [0.2, 0.25) is 0 Å². The van der Waals surface area contributed by atoms with E-state index < -0.39 is 0 Å². The van der Waals surface area contributed by atoms with Crippen LogP contribution < -0.4 is 11.1 Å². The van der Waals surface area contributed by atoms with Crippen LogP contribution in [-0.2, 0) is 9.53 Å². The molecule has 0 aliphatic carbocycles. The molecule has 4 nitrogen and oxygen atoms in total. The van der Waals surface area contributed by atoms with Crippen molar-refractivity contribution in [2.24, 2.45) is 11.7 Å². The first-order chi connectivity index (χ1) is 8.08. The van der Waals surface area contributed by atoms with Crippen molar-refractivity contribution in [3.8, 4) is 0 Å². The van der Waals surface area contributed by atoms with Crippen LogP contribution in [0.3, 0.4) is 0 Å². The summed E-state index contributed by atoms with van der Waals surface area (Å²) in [5.41, 5.74) is 6.26. The molecule has 1 aromatic carbocycles. The molecule has 0 bridgehead atoms. The third-order valence-corrected chi connectivity index (χ3v) is 3.26. The number of carbonyl (C=O) groups is 1. The van der Waals surface area contributed by atoms with Crippen molar-refractivity contribution < 1.29 is 13.9 Å². The number of rotatable bonds is 2. The van der Waals surface area contributed by atoms with E-state index in [1.54, 1.807) is 0 Å². The van der Waals surface area contributed by atoms with Gasteiger partial charge in [-0.05, 0) is 34.1 Å². The molecule has 6 heteroatoms. The maximum absolute atomic E-state index is 13.0. The molecule has 0 aromatic heterocycles. The van der Waals surface area contributed by atoms with E-state index in [2.05, 4.69) is 21.2 Å². The Morgan fingerprint density at radius 2 is 2.29 bits per heavy atom. The van der Waals surface area contributed by atoms with Gasteiger partial charge in [0, 0.05) is 11.7 Å². The van der Waals surface area contributed by atoms with Crippen molar-refractivity contribution in [1.29, 1.82) is 0 Å². The van der Waals surface area contributed by atoms with Crippen LogP contribution in [0.5, 0.6) is 0 Å². The molecule has 2 atom stereocenters. The summed E-state index contributed by atoms with van der Waals surface area (Å²) in [7, 11) is 0. The number of ether oxygens (including phenoxy) is 1. The SMILES string of the molecule is NC1COCC1C(=O)Nc1ccc(F)c(Br)c1. The monoisotopic (exact) mass is 302 g/mol. The minimum atomic E-state index is -0.371. The summed E-state index contributed by atoms with van der Waals surface area (Å²) in [6.45, 7) is 0.723. The van der Waals surface area contributed by atoms with Gasteiger partial charge in [0.25, 0.3) is 0 Å². The predicted molar refractivity (Wildman–Crippen MR) is 65.0 cm³/mol. The summed E-state index contributed by atoms with van der Waals surface area (Å²) in [6, 6.07) is 4.01. The zero-order valence-electron chi connectivity index (χ0n) is 8.95. The van der Waals surface area contributed by atoms with Gasteiger partial charge in [0.2, 0.25) is 5.91 Å². The highest BCUT2D eigenvalue weighted by Crippen LogP contribution is 2.21. The second kappa shape index (κ2) is 5.12. The Morgan fingerprint density at radius 1 is 1.53 bits per heavy atom. The Kier molecular flexibility index (Phi) is 3.76. The highest BCUT2D eigenvalue weighted by molar-refractivity contribution is 9.10. The van der Waals surface area contributed by atoms with Gasteiger partial charge in [-0.3, -0.25) is 4.79 Å². The summed E-state index contributed by atoms with van der Waals surface area (Å²) >= 11 is 3.06. The molecule has 1 amide bonds. The highest BCUT2D eigenvalue weighted by atomic mass is 79.9. The molecule has 0 radical (unpaired) electrons. The third-order valence-electron chi connectivity index (χ3n) is 2.65. The number of halogens is 2. The van der Waals surface area contributed by atoms with Gasteiger partial charge in [0.15, 0.2) is 0 Å². The van der Waals surface area contributed by atoms with Crippen LogP contribution in [0.1, 0.15) is 0 Å². The van der Waals surface area contributed by atoms with Crippen LogP contribution in [0.4, 0.5) is 10.1 Å². The molecule has 1 aliphatic rings. The third kappa shape index (κ3) is 2.83. The first-order valence-corrected chi connectivity index (χ1v) is 5.96. The van der Waals surface area contributed by atoms with Crippen molar-refractivity contribution >= 4 is 27.5 Å². The summed E-state index contributed by atoms with van der Waals surface area (Å²) < 4.78 is 18.4. The molecular weight excluding hydrogens is 291 g/mol. The van der Waals surface area contributed by atoms with E-state index in [0.717, 1.165) is 0 Å². The first-order valence-electron chi connectivity index (χ1n) is 5.17. The Hall–Kier alpha value is -0.980. The fourth-order valence-corrected chi connectivity index (χ4v) is 2.03. The van der Waals surface area contributed by atoms with Gasteiger partial charge in [0.1, 0.15) is 5.82 Å². The van der Waals surface area contributed by atoms with Crippen molar-refractivity contribution in [3.63, 3.8) is 0 Å². The smallest absolute Gasteiger partial charge is 0.231 e. The lowest BCUT2D eigenvalue weighted by Gasteiger charge is -2.13. The van der Waals surface area contributed by atoms with E-state index in [9.17, 15) is 9.18 Å². The van der Waals surface area contributed by atoms with Gasteiger partial charge in [-0.2, -0.15) is 0 Å². The van der Waals surface area contributed by atoms with Crippen molar-refractivity contribution in [3.05, 3.63) is 28.5 Å². The summed E-state index contributed by atoms with van der Waals surface area (Å²) in [6.07, 6.45) is 0.